The second kappa shape index (κ2) is 10.5. The van der Waals surface area contributed by atoms with Crippen LogP contribution in [0.1, 0.15) is 40.5 Å². The zero-order valence-electron chi connectivity index (χ0n) is 17.6. The normalized spacial score (nSPS) is 13.9. The van der Waals surface area contributed by atoms with E-state index in [0.717, 1.165) is 0 Å². The summed E-state index contributed by atoms with van der Waals surface area (Å²) in [5.41, 5.74) is 1.05. The number of piperidine rings is 1. The smallest absolute Gasteiger partial charge is 0.497 e. The summed E-state index contributed by atoms with van der Waals surface area (Å²) < 4.78 is 14.9. The van der Waals surface area contributed by atoms with Gasteiger partial charge in [-0.2, -0.15) is 0 Å². The third-order valence-corrected chi connectivity index (χ3v) is 5.01. The summed E-state index contributed by atoms with van der Waals surface area (Å²) in [5, 5.41) is 3.03. The summed E-state index contributed by atoms with van der Waals surface area (Å²) in [6, 6.07) is 13.4. The van der Waals surface area contributed by atoms with Crippen molar-refractivity contribution in [1.29, 1.82) is 0 Å². The van der Waals surface area contributed by atoms with E-state index in [1.54, 1.807) is 67.5 Å². The molecule has 1 fully saturated rings. The van der Waals surface area contributed by atoms with Gasteiger partial charge in [0.05, 0.1) is 13.7 Å². The highest BCUT2D eigenvalue weighted by Gasteiger charge is 2.25. The molecule has 0 atom stereocenters. The van der Waals surface area contributed by atoms with Gasteiger partial charge in [0.15, 0.2) is 0 Å². The number of benzene rings is 2. The zero-order valence-corrected chi connectivity index (χ0v) is 17.6. The molecular formula is C23H26N2O6. The van der Waals surface area contributed by atoms with Gasteiger partial charge in [0.25, 0.3) is 11.8 Å². The van der Waals surface area contributed by atoms with E-state index in [1.807, 2.05) is 0 Å². The summed E-state index contributed by atoms with van der Waals surface area (Å²) in [7, 11) is 1.56. The molecule has 1 aliphatic heterocycles. The van der Waals surface area contributed by atoms with Crippen molar-refractivity contribution in [1.82, 2.24) is 10.2 Å². The number of likely N-dealkylation sites (tertiary alicyclic amines) is 1. The number of hydrogen-bond donors (Lipinski definition) is 1. The fourth-order valence-corrected chi connectivity index (χ4v) is 3.35. The molecule has 0 bridgehead atoms. The first kappa shape index (κ1) is 22.1. The molecule has 1 N–H and O–H groups in total. The second-order valence-electron chi connectivity index (χ2n) is 7.08. The molecular weight excluding hydrogens is 400 g/mol. The van der Waals surface area contributed by atoms with Crippen LogP contribution in [0.15, 0.2) is 48.5 Å². The van der Waals surface area contributed by atoms with Crippen LogP contribution in [0.2, 0.25) is 0 Å². The van der Waals surface area contributed by atoms with Crippen LogP contribution in [0.5, 0.6) is 11.5 Å². The first-order valence-electron chi connectivity index (χ1n) is 10.2. The highest BCUT2D eigenvalue weighted by atomic mass is 16.7. The third-order valence-electron chi connectivity index (χ3n) is 5.01. The first-order valence-corrected chi connectivity index (χ1v) is 10.2. The lowest BCUT2D eigenvalue weighted by Gasteiger charge is -2.32. The molecule has 2 aromatic carbocycles. The molecule has 2 aromatic rings. The van der Waals surface area contributed by atoms with Gasteiger partial charge >= 0.3 is 6.16 Å². The van der Waals surface area contributed by atoms with E-state index in [0.29, 0.717) is 48.6 Å². The monoisotopic (exact) mass is 426 g/mol. The Hall–Kier alpha value is -3.55. The van der Waals surface area contributed by atoms with Crippen LogP contribution in [0, 0.1) is 0 Å². The minimum absolute atomic E-state index is 0.00288. The summed E-state index contributed by atoms with van der Waals surface area (Å²) in [4.78, 5) is 38.3. The molecule has 3 rings (SSSR count). The Morgan fingerprint density at radius 1 is 1.00 bits per heavy atom. The fraction of sp³-hybridized carbons (Fsp3) is 0.348. The quantitative estimate of drug-likeness (QED) is 0.563. The molecule has 1 saturated heterocycles. The van der Waals surface area contributed by atoms with Gasteiger partial charge in [-0.3, -0.25) is 9.59 Å². The Balaban J connectivity index is 1.50. The number of ether oxygens (including phenoxy) is 3. The molecule has 0 aromatic heterocycles. The highest BCUT2D eigenvalue weighted by molar-refractivity contribution is 5.95. The average Bonchev–Trinajstić information content (AvgIpc) is 2.80. The van der Waals surface area contributed by atoms with Crippen molar-refractivity contribution < 1.29 is 28.6 Å². The summed E-state index contributed by atoms with van der Waals surface area (Å²) in [6.07, 6.45) is 0.566. The van der Waals surface area contributed by atoms with Crippen LogP contribution in [0.3, 0.4) is 0 Å². The van der Waals surface area contributed by atoms with E-state index in [1.165, 1.54) is 0 Å². The number of carbonyl (C=O) groups is 3. The van der Waals surface area contributed by atoms with Crippen LogP contribution in [-0.2, 0) is 4.74 Å². The molecule has 31 heavy (non-hydrogen) atoms. The zero-order chi connectivity index (χ0) is 22.2. The van der Waals surface area contributed by atoms with Crippen LogP contribution in [-0.4, -0.2) is 55.7 Å². The molecule has 0 saturated carbocycles. The summed E-state index contributed by atoms with van der Waals surface area (Å²) in [5.74, 6) is 0.696. The first-order chi connectivity index (χ1) is 15.0. The van der Waals surface area contributed by atoms with Gasteiger partial charge in [-0.05, 0) is 62.2 Å². The van der Waals surface area contributed by atoms with E-state index >= 15 is 0 Å². The maximum Gasteiger partial charge on any atom is 0.513 e. The number of carbonyl (C=O) groups excluding carboxylic acids is 3. The Labute approximate surface area is 181 Å². The van der Waals surface area contributed by atoms with Crippen LogP contribution >= 0.6 is 0 Å². The van der Waals surface area contributed by atoms with Crippen molar-refractivity contribution in [3.63, 3.8) is 0 Å². The van der Waals surface area contributed by atoms with Gasteiger partial charge in [-0.15, -0.1) is 0 Å². The third kappa shape index (κ3) is 5.97. The lowest BCUT2D eigenvalue weighted by atomic mass is 10.0. The molecule has 0 aliphatic carbocycles. The number of amides is 2. The maximum atomic E-state index is 12.7. The van der Waals surface area contributed by atoms with E-state index in [-0.39, 0.29) is 24.5 Å². The molecule has 0 radical (unpaired) electrons. The average molecular weight is 426 g/mol. The minimum atomic E-state index is -0.778. The minimum Gasteiger partial charge on any atom is -0.497 e. The molecule has 2 amide bonds. The van der Waals surface area contributed by atoms with E-state index in [4.69, 9.17) is 14.2 Å². The van der Waals surface area contributed by atoms with Crippen LogP contribution < -0.4 is 14.8 Å². The number of nitrogens with zero attached hydrogens (tertiary/aromatic N) is 1. The van der Waals surface area contributed by atoms with Crippen molar-refractivity contribution in [3.8, 4) is 11.5 Å². The molecule has 8 heteroatoms. The van der Waals surface area contributed by atoms with Crippen molar-refractivity contribution in [2.75, 3.05) is 26.8 Å². The Bertz CT molecular complexity index is 920. The fourth-order valence-electron chi connectivity index (χ4n) is 3.35. The lowest BCUT2D eigenvalue weighted by Crippen LogP contribution is -2.46. The molecule has 164 valence electrons. The largest absolute Gasteiger partial charge is 0.513 e. The van der Waals surface area contributed by atoms with Gasteiger partial charge in [-0.1, -0.05) is 6.07 Å². The van der Waals surface area contributed by atoms with Crippen molar-refractivity contribution >= 4 is 18.0 Å². The maximum absolute atomic E-state index is 12.7. The van der Waals surface area contributed by atoms with E-state index in [2.05, 4.69) is 5.32 Å². The number of methoxy groups -OCH3 is 1. The Morgan fingerprint density at radius 2 is 1.71 bits per heavy atom. The predicted molar refractivity (Wildman–Crippen MR) is 113 cm³/mol. The SMILES string of the molecule is CCOC(=O)Oc1ccc(C(=O)N2CCC(NC(=O)c3cccc(OC)c3)CC2)cc1. The summed E-state index contributed by atoms with van der Waals surface area (Å²) >= 11 is 0. The summed E-state index contributed by atoms with van der Waals surface area (Å²) in [6.45, 7) is 3.01. The molecule has 1 aliphatic rings. The topological polar surface area (TPSA) is 94.2 Å². The molecule has 0 unspecified atom stereocenters. The van der Waals surface area contributed by atoms with Crippen LogP contribution in [0.4, 0.5) is 4.79 Å². The number of nitrogens with one attached hydrogen (secondary N) is 1. The second-order valence-corrected chi connectivity index (χ2v) is 7.08. The van der Waals surface area contributed by atoms with Crippen molar-refractivity contribution in [2.24, 2.45) is 0 Å². The predicted octanol–water partition coefficient (Wildman–Crippen LogP) is 3.27. The Morgan fingerprint density at radius 3 is 2.35 bits per heavy atom. The molecule has 1 heterocycles. The van der Waals surface area contributed by atoms with Gasteiger partial charge in [0, 0.05) is 30.3 Å². The standard InChI is InChI=1S/C23H26N2O6/c1-3-30-23(28)31-19-9-7-16(8-10-19)22(27)25-13-11-18(12-14-25)24-21(26)17-5-4-6-20(15-17)29-2/h4-10,15,18H,3,11-14H2,1-2H3,(H,24,26). The van der Waals surface area contributed by atoms with Gasteiger partial charge in [0.1, 0.15) is 11.5 Å². The number of rotatable bonds is 6. The molecule has 8 nitrogen and oxygen atoms in total. The Kier molecular flexibility index (Phi) is 7.48. The van der Waals surface area contributed by atoms with Gasteiger partial charge in [0.2, 0.25) is 0 Å². The van der Waals surface area contributed by atoms with Crippen molar-refractivity contribution in [2.45, 2.75) is 25.8 Å². The lowest BCUT2D eigenvalue weighted by molar-refractivity contribution is 0.0698. The van der Waals surface area contributed by atoms with Crippen molar-refractivity contribution in [3.05, 3.63) is 59.7 Å². The van der Waals surface area contributed by atoms with Crippen LogP contribution in [0.25, 0.3) is 0 Å². The number of hydrogen-bond acceptors (Lipinski definition) is 6. The van der Waals surface area contributed by atoms with Gasteiger partial charge in [-0.25, -0.2) is 4.79 Å². The van der Waals surface area contributed by atoms with E-state index in [9.17, 15) is 14.4 Å². The highest BCUT2D eigenvalue weighted by Crippen LogP contribution is 2.18. The molecule has 0 spiro atoms. The van der Waals surface area contributed by atoms with Gasteiger partial charge < -0.3 is 24.4 Å². The van der Waals surface area contributed by atoms with E-state index < -0.39 is 6.16 Å².